The van der Waals surface area contributed by atoms with Crippen LogP contribution in [0.4, 0.5) is 0 Å². The molecule has 1 aliphatic rings. The molecule has 2 nitrogen and oxygen atoms in total. The molecule has 102 valence electrons. The number of hydrogen-bond donors (Lipinski definition) is 1. The number of aryl methyl sites for hydroxylation is 1. The van der Waals surface area contributed by atoms with Crippen molar-refractivity contribution in [3.05, 3.63) is 70.8 Å². The van der Waals surface area contributed by atoms with Crippen molar-refractivity contribution in [2.45, 2.75) is 32.4 Å². The predicted molar refractivity (Wildman–Crippen MR) is 82.2 cm³/mol. The minimum absolute atomic E-state index is 0.593. The van der Waals surface area contributed by atoms with Crippen molar-refractivity contribution in [3.8, 4) is 0 Å². The molecular weight excluding hydrogens is 246 g/mol. The van der Waals surface area contributed by atoms with Crippen LogP contribution < -0.4 is 0 Å². The van der Waals surface area contributed by atoms with Gasteiger partial charge in [-0.05, 0) is 25.0 Å². The first-order chi connectivity index (χ1) is 9.61. The maximum Gasteiger partial charge on any atom is 0.160 e. The van der Waals surface area contributed by atoms with Crippen molar-refractivity contribution in [1.29, 1.82) is 0 Å². The van der Waals surface area contributed by atoms with E-state index in [9.17, 15) is 5.11 Å². The van der Waals surface area contributed by atoms with Crippen LogP contribution in [0.1, 0.15) is 35.6 Å². The highest BCUT2D eigenvalue weighted by molar-refractivity contribution is 6.14. The van der Waals surface area contributed by atoms with E-state index < -0.39 is 5.72 Å². The van der Waals surface area contributed by atoms with Gasteiger partial charge in [-0.2, -0.15) is 0 Å². The molecule has 1 unspecified atom stereocenters. The minimum atomic E-state index is -0.979. The van der Waals surface area contributed by atoms with E-state index in [0.717, 1.165) is 16.8 Å². The molecule has 2 aromatic carbocycles. The van der Waals surface area contributed by atoms with Gasteiger partial charge in [0.25, 0.3) is 0 Å². The highest BCUT2D eigenvalue weighted by Gasteiger charge is 2.31. The lowest BCUT2D eigenvalue weighted by Gasteiger charge is -2.30. The molecule has 0 fully saturated rings. The van der Waals surface area contributed by atoms with Crippen LogP contribution in [0.5, 0.6) is 0 Å². The van der Waals surface area contributed by atoms with E-state index in [4.69, 9.17) is 0 Å². The number of benzene rings is 2. The molecule has 1 aliphatic heterocycles. The normalized spacial score (nSPS) is 21.2. The average molecular weight is 265 g/mol. The summed E-state index contributed by atoms with van der Waals surface area (Å²) in [4.78, 5) is 4.66. The van der Waals surface area contributed by atoms with Gasteiger partial charge in [-0.15, -0.1) is 0 Å². The number of nitrogens with zero attached hydrogens (tertiary/aromatic N) is 1. The fraction of sp³-hybridized carbons (Fsp3) is 0.278. The summed E-state index contributed by atoms with van der Waals surface area (Å²) < 4.78 is 0. The van der Waals surface area contributed by atoms with Crippen molar-refractivity contribution in [3.63, 3.8) is 0 Å². The predicted octanol–water partition coefficient (Wildman–Crippen LogP) is 3.49. The summed E-state index contributed by atoms with van der Waals surface area (Å²) >= 11 is 0. The summed E-state index contributed by atoms with van der Waals surface area (Å²) in [5.41, 5.74) is 4.52. The largest absolute Gasteiger partial charge is 0.369 e. The molecule has 0 spiro atoms. The zero-order chi connectivity index (χ0) is 14.2. The molecule has 1 atom stereocenters. The van der Waals surface area contributed by atoms with Gasteiger partial charge < -0.3 is 5.11 Å². The number of fused-ring (bicyclic) bond motifs is 1. The summed E-state index contributed by atoms with van der Waals surface area (Å²) in [5, 5.41) is 10.6. The van der Waals surface area contributed by atoms with Gasteiger partial charge in [0.2, 0.25) is 0 Å². The van der Waals surface area contributed by atoms with E-state index in [0.29, 0.717) is 12.8 Å². The van der Waals surface area contributed by atoms with Gasteiger partial charge in [0, 0.05) is 17.5 Å². The van der Waals surface area contributed by atoms with Crippen molar-refractivity contribution < 1.29 is 5.11 Å². The third kappa shape index (κ3) is 2.27. The lowest BCUT2D eigenvalue weighted by atomic mass is 9.87. The molecule has 0 amide bonds. The van der Waals surface area contributed by atoms with Gasteiger partial charge in [-0.1, -0.05) is 55.0 Å². The first-order valence-corrected chi connectivity index (χ1v) is 7.09. The maximum atomic E-state index is 10.6. The molecule has 2 heteroatoms. The van der Waals surface area contributed by atoms with Gasteiger partial charge >= 0.3 is 0 Å². The Kier molecular flexibility index (Phi) is 3.19. The van der Waals surface area contributed by atoms with Crippen LogP contribution in [0.25, 0.3) is 0 Å². The average Bonchev–Trinajstić information content (AvgIpc) is 2.48. The zero-order valence-electron chi connectivity index (χ0n) is 11.9. The fourth-order valence-electron chi connectivity index (χ4n) is 2.70. The Balaban J connectivity index is 2.21. The smallest absolute Gasteiger partial charge is 0.160 e. The van der Waals surface area contributed by atoms with Crippen LogP contribution in [0.3, 0.4) is 0 Å². The van der Waals surface area contributed by atoms with Crippen LogP contribution in [0, 0.1) is 6.92 Å². The second-order valence-corrected chi connectivity index (χ2v) is 5.50. The lowest BCUT2D eigenvalue weighted by Crippen LogP contribution is -2.34. The summed E-state index contributed by atoms with van der Waals surface area (Å²) in [7, 11) is 0. The van der Waals surface area contributed by atoms with Crippen LogP contribution in [-0.4, -0.2) is 16.5 Å². The van der Waals surface area contributed by atoms with E-state index in [2.05, 4.69) is 30.1 Å². The van der Waals surface area contributed by atoms with Crippen LogP contribution in [0.2, 0.25) is 0 Å². The summed E-state index contributed by atoms with van der Waals surface area (Å²) in [5.74, 6) is 0. The van der Waals surface area contributed by atoms with E-state index in [1.54, 1.807) is 0 Å². The molecule has 0 radical (unpaired) electrons. The summed E-state index contributed by atoms with van der Waals surface area (Å²) in [6, 6.07) is 16.5. The number of hydrogen-bond acceptors (Lipinski definition) is 2. The van der Waals surface area contributed by atoms with Gasteiger partial charge in [-0.25, -0.2) is 4.99 Å². The molecular formula is C18H19NO. The standard InChI is InChI=1S/C18H19NO/c1-3-18(20)12-15-10-9-13(2)11-16(15)17(19-18)14-7-5-4-6-8-14/h4-11,20H,3,12H2,1-2H3. The third-order valence-corrected chi connectivity index (χ3v) is 3.93. The first-order valence-electron chi connectivity index (χ1n) is 7.09. The fourth-order valence-corrected chi connectivity index (χ4v) is 2.70. The molecule has 20 heavy (non-hydrogen) atoms. The molecule has 0 aromatic heterocycles. The Hall–Kier alpha value is -1.93. The number of rotatable bonds is 2. The van der Waals surface area contributed by atoms with Crippen molar-refractivity contribution in [2.24, 2.45) is 4.99 Å². The molecule has 0 saturated heterocycles. The number of aliphatic hydroxyl groups is 1. The Morgan fingerprint density at radius 2 is 1.90 bits per heavy atom. The SMILES string of the molecule is CCC1(O)Cc2ccc(C)cc2C(c2ccccc2)=N1. The Morgan fingerprint density at radius 1 is 1.15 bits per heavy atom. The van der Waals surface area contributed by atoms with Crippen molar-refractivity contribution >= 4 is 5.71 Å². The minimum Gasteiger partial charge on any atom is -0.369 e. The Labute approximate surface area is 119 Å². The maximum absolute atomic E-state index is 10.6. The molecule has 1 N–H and O–H groups in total. The van der Waals surface area contributed by atoms with Crippen LogP contribution >= 0.6 is 0 Å². The Bertz CT molecular complexity index is 660. The van der Waals surface area contributed by atoms with Gasteiger partial charge in [0.1, 0.15) is 0 Å². The first kappa shape index (κ1) is 13.1. The van der Waals surface area contributed by atoms with Crippen LogP contribution in [-0.2, 0) is 6.42 Å². The van der Waals surface area contributed by atoms with E-state index >= 15 is 0 Å². The third-order valence-electron chi connectivity index (χ3n) is 3.93. The second kappa shape index (κ2) is 4.88. The highest BCUT2D eigenvalue weighted by atomic mass is 16.3. The van der Waals surface area contributed by atoms with Gasteiger partial charge in [-0.3, -0.25) is 0 Å². The number of aliphatic imine (C=N–C) groups is 1. The van der Waals surface area contributed by atoms with E-state index in [1.807, 2.05) is 37.3 Å². The summed E-state index contributed by atoms with van der Waals surface area (Å²) in [6.07, 6.45) is 1.21. The van der Waals surface area contributed by atoms with E-state index in [-0.39, 0.29) is 0 Å². The molecule has 3 rings (SSSR count). The quantitative estimate of drug-likeness (QED) is 0.885. The highest BCUT2D eigenvalue weighted by Crippen LogP contribution is 2.30. The monoisotopic (exact) mass is 265 g/mol. The van der Waals surface area contributed by atoms with Crippen molar-refractivity contribution in [1.82, 2.24) is 0 Å². The van der Waals surface area contributed by atoms with Gasteiger partial charge in [0.05, 0.1) is 5.71 Å². The molecule has 0 aliphatic carbocycles. The van der Waals surface area contributed by atoms with Crippen molar-refractivity contribution in [2.75, 3.05) is 0 Å². The van der Waals surface area contributed by atoms with Crippen LogP contribution in [0.15, 0.2) is 53.5 Å². The topological polar surface area (TPSA) is 32.6 Å². The van der Waals surface area contributed by atoms with E-state index in [1.165, 1.54) is 11.1 Å². The molecule has 0 saturated carbocycles. The lowest BCUT2D eigenvalue weighted by molar-refractivity contribution is 0.0445. The Morgan fingerprint density at radius 3 is 2.60 bits per heavy atom. The molecule has 0 bridgehead atoms. The zero-order valence-corrected chi connectivity index (χ0v) is 11.9. The molecule has 2 aromatic rings. The second-order valence-electron chi connectivity index (χ2n) is 5.50. The summed E-state index contributed by atoms with van der Waals surface area (Å²) in [6.45, 7) is 4.06. The molecule has 1 heterocycles. The van der Waals surface area contributed by atoms with Gasteiger partial charge in [0.15, 0.2) is 5.72 Å².